The molecule has 3 N–H and O–H groups in total. The van der Waals surface area contributed by atoms with Crippen molar-refractivity contribution in [3.8, 4) is 0 Å². The Hall–Kier alpha value is -1.36. The highest BCUT2D eigenvalue weighted by atomic mass is 15.2. The van der Waals surface area contributed by atoms with Crippen LogP contribution < -0.4 is 16.0 Å². The molecule has 0 bridgehead atoms. The van der Waals surface area contributed by atoms with Gasteiger partial charge in [-0.3, -0.25) is 0 Å². The molecule has 0 amide bonds. The number of hydrogen-bond donors (Lipinski definition) is 2. The summed E-state index contributed by atoms with van der Waals surface area (Å²) in [4.78, 5) is 10.6. The molecule has 106 valence electrons. The molecule has 1 aliphatic carbocycles. The summed E-state index contributed by atoms with van der Waals surface area (Å²) < 4.78 is 0. The first-order chi connectivity index (χ1) is 9.29. The lowest BCUT2D eigenvalue weighted by molar-refractivity contribution is 0.373. The predicted molar refractivity (Wildman–Crippen MR) is 79.4 cm³/mol. The fourth-order valence-electron chi connectivity index (χ4n) is 2.60. The number of anilines is 2. The van der Waals surface area contributed by atoms with E-state index in [1.807, 2.05) is 18.0 Å². The van der Waals surface area contributed by atoms with E-state index < -0.39 is 0 Å². The summed E-state index contributed by atoms with van der Waals surface area (Å²) in [6.07, 6.45) is 8.46. The fraction of sp³-hybridized carbons (Fsp3) is 0.714. The van der Waals surface area contributed by atoms with Crippen LogP contribution >= 0.6 is 0 Å². The molecule has 2 rings (SSSR count). The highest BCUT2D eigenvalue weighted by Gasteiger charge is 2.13. The van der Waals surface area contributed by atoms with E-state index in [4.69, 9.17) is 5.73 Å². The Kier molecular flexibility index (Phi) is 5.39. The molecule has 0 aromatic carbocycles. The maximum Gasteiger partial charge on any atom is 0.133 e. The van der Waals surface area contributed by atoms with Crippen LogP contribution in [0.15, 0.2) is 12.4 Å². The number of likely N-dealkylation sites (N-methyl/N-ethyl adjacent to an activating group) is 1. The summed E-state index contributed by atoms with van der Waals surface area (Å²) in [7, 11) is 2.00. The van der Waals surface area contributed by atoms with Gasteiger partial charge in [0.15, 0.2) is 0 Å². The van der Waals surface area contributed by atoms with Crippen molar-refractivity contribution in [2.45, 2.75) is 32.1 Å². The molecule has 1 aromatic heterocycles. The summed E-state index contributed by atoms with van der Waals surface area (Å²) >= 11 is 0. The predicted octanol–water partition coefficient (Wildman–Crippen LogP) is 1.86. The topological polar surface area (TPSA) is 67.1 Å². The van der Waals surface area contributed by atoms with Gasteiger partial charge in [0.1, 0.15) is 18.0 Å². The molecular weight excluding hydrogens is 238 g/mol. The zero-order valence-corrected chi connectivity index (χ0v) is 11.8. The maximum atomic E-state index is 5.56. The van der Waals surface area contributed by atoms with E-state index in [-0.39, 0.29) is 0 Å². The SMILES string of the molecule is CN(CCN)c1cc(NCC2CCCCC2)ncn1. The summed E-state index contributed by atoms with van der Waals surface area (Å²) in [5.74, 6) is 2.64. The second-order valence-corrected chi connectivity index (χ2v) is 5.36. The highest BCUT2D eigenvalue weighted by Crippen LogP contribution is 2.24. The molecule has 1 heterocycles. The molecule has 0 radical (unpaired) electrons. The molecule has 1 aromatic rings. The van der Waals surface area contributed by atoms with Crippen LogP contribution in [-0.2, 0) is 0 Å². The Morgan fingerprint density at radius 1 is 1.32 bits per heavy atom. The van der Waals surface area contributed by atoms with Crippen molar-refractivity contribution in [2.75, 3.05) is 36.9 Å². The molecular formula is C14H25N5. The highest BCUT2D eigenvalue weighted by molar-refractivity contribution is 5.47. The third kappa shape index (κ3) is 4.35. The normalized spacial score (nSPS) is 16.3. The lowest BCUT2D eigenvalue weighted by Gasteiger charge is -2.22. The van der Waals surface area contributed by atoms with Crippen molar-refractivity contribution < 1.29 is 0 Å². The first-order valence-electron chi connectivity index (χ1n) is 7.26. The van der Waals surface area contributed by atoms with Gasteiger partial charge in [-0.2, -0.15) is 0 Å². The molecule has 1 aliphatic rings. The third-order valence-electron chi connectivity index (χ3n) is 3.80. The van der Waals surface area contributed by atoms with Crippen LogP contribution in [0.4, 0.5) is 11.6 Å². The average Bonchev–Trinajstić information content (AvgIpc) is 2.47. The van der Waals surface area contributed by atoms with Crippen LogP contribution in [0.1, 0.15) is 32.1 Å². The van der Waals surface area contributed by atoms with Crippen LogP contribution in [-0.4, -0.2) is 36.6 Å². The van der Waals surface area contributed by atoms with Crippen molar-refractivity contribution >= 4 is 11.6 Å². The van der Waals surface area contributed by atoms with Crippen molar-refractivity contribution in [1.29, 1.82) is 0 Å². The van der Waals surface area contributed by atoms with Crippen molar-refractivity contribution in [3.63, 3.8) is 0 Å². The zero-order chi connectivity index (χ0) is 13.5. The number of aromatic nitrogens is 2. The lowest BCUT2D eigenvalue weighted by Crippen LogP contribution is -2.26. The summed E-state index contributed by atoms with van der Waals surface area (Å²) in [5.41, 5.74) is 5.56. The molecule has 1 saturated carbocycles. The fourth-order valence-corrected chi connectivity index (χ4v) is 2.60. The molecule has 0 spiro atoms. The molecule has 0 aliphatic heterocycles. The van der Waals surface area contributed by atoms with Gasteiger partial charge < -0.3 is 16.0 Å². The van der Waals surface area contributed by atoms with Gasteiger partial charge in [-0.25, -0.2) is 9.97 Å². The van der Waals surface area contributed by atoms with E-state index in [9.17, 15) is 0 Å². The largest absolute Gasteiger partial charge is 0.370 e. The molecule has 5 heteroatoms. The van der Waals surface area contributed by atoms with Gasteiger partial charge in [0.05, 0.1) is 0 Å². The molecule has 0 unspecified atom stereocenters. The van der Waals surface area contributed by atoms with Crippen molar-refractivity contribution in [1.82, 2.24) is 9.97 Å². The van der Waals surface area contributed by atoms with Crippen LogP contribution in [0.25, 0.3) is 0 Å². The van der Waals surface area contributed by atoms with E-state index in [2.05, 4.69) is 15.3 Å². The minimum atomic E-state index is 0.630. The Bertz CT molecular complexity index is 376. The molecule has 0 atom stereocenters. The molecule has 1 fully saturated rings. The summed E-state index contributed by atoms with van der Waals surface area (Å²) in [6.45, 7) is 2.46. The van der Waals surface area contributed by atoms with Gasteiger partial charge >= 0.3 is 0 Å². The third-order valence-corrected chi connectivity index (χ3v) is 3.80. The average molecular weight is 263 g/mol. The Labute approximate surface area is 115 Å². The van der Waals surface area contributed by atoms with Crippen LogP contribution in [0.5, 0.6) is 0 Å². The Morgan fingerprint density at radius 3 is 2.84 bits per heavy atom. The minimum absolute atomic E-state index is 0.630. The maximum absolute atomic E-state index is 5.56. The van der Waals surface area contributed by atoms with Gasteiger partial charge in [-0.15, -0.1) is 0 Å². The standard InChI is InChI=1S/C14H25N5/c1-19(8-7-15)14-9-13(17-11-18-14)16-10-12-5-3-2-4-6-12/h9,11-12H,2-8,10,15H2,1H3,(H,16,17,18). The molecule has 5 nitrogen and oxygen atoms in total. The number of nitrogens with one attached hydrogen (secondary N) is 1. The van der Waals surface area contributed by atoms with Crippen molar-refractivity contribution in [3.05, 3.63) is 12.4 Å². The zero-order valence-electron chi connectivity index (χ0n) is 11.8. The van der Waals surface area contributed by atoms with Gasteiger partial charge in [-0.1, -0.05) is 19.3 Å². The second-order valence-electron chi connectivity index (χ2n) is 5.36. The van der Waals surface area contributed by atoms with E-state index in [1.54, 1.807) is 6.33 Å². The van der Waals surface area contributed by atoms with Crippen molar-refractivity contribution in [2.24, 2.45) is 11.7 Å². The smallest absolute Gasteiger partial charge is 0.133 e. The van der Waals surface area contributed by atoms with Crippen LogP contribution in [0.2, 0.25) is 0 Å². The van der Waals surface area contributed by atoms with Gasteiger partial charge in [0.25, 0.3) is 0 Å². The van der Waals surface area contributed by atoms with Gasteiger partial charge in [-0.05, 0) is 18.8 Å². The number of hydrogen-bond acceptors (Lipinski definition) is 5. The van der Waals surface area contributed by atoms with Gasteiger partial charge in [0, 0.05) is 32.7 Å². The van der Waals surface area contributed by atoms with E-state index >= 15 is 0 Å². The van der Waals surface area contributed by atoms with E-state index in [0.717, 1.165) is 30.6 Å². The van der Waals surface area contributed by atoms with E-state index in [1.165, 1.54) is 32.1 Å². The molecule has 19 heavy (non-hydrogen) atoms. The Balaban J connectivity index is 1.87. The lowest BCUT2D eigenvalue weighted by atomic mass is 9.89. The van der Waals surface area contributed by atoms with E-state index in [0.29, 0.717) is 6.54 Å². The van der Waals surface area contributed by atoms with Gasteiger partial charge in [0.2, 0.25) is 0 Å². The Morgan fingerprint density at radius 2 is 2.11 bits per heavy atom. The monoisotopic (exact) mass is 263 g/mol. The summed E-state index contributed by atoms with van der Waals surface area (Å²) in [6, 6.07) is 2.00. The number of rotatable bonds is 6. The molecule has 0 saturated heterocycles. The number of nitrogens with zero attached hydrogens (tertiary/aromatic N) is 3. The van der Waals surface area contributed by atoms with Crippen LogP contribution in [0.3, 0.4) is 0 Å². The first kappa shape index (κ1) is 14.1. The quantitative estimate of drug-likeness (QED) is 0.820. The minimum Gasteiger partial charge on any atom is -0.370 e. The second kappa shape index (κ2) is 7.28. The first-order valence-corrected chi connectivity index (χ1v) is 7.26. The van der Waals surface area contributed by atoms with Crippen LogP contribution in [0, 0.1) is 5.92 Å². The number of nitrogens with two attached hydrogens (primary N) is 1. The summed E-state index contributed by atoms with van der Waals surface area (Å²) in [5, 5.41) is 3.44.